The van der Waals surface area contributed by atoms with Gasteiger partial charge in [-0.25, -0.2) is 4.79 Å². The van der Waals surface area contributed by atoms with E-state index in [0.29, 0.717) is 0 Å². The molecule has 0 spiro atoms. The summed E-state index contributed by atoms with van der Waals surface area (Å²) in [4.78, 5) is 22.1. The number of imide groups is 1. The van der Waals surface area contributed by atoms with Crippen LogP contribution in [0.15, 0.2) is 24.3 Å². The van der Waals surface area contributed by atoms with Crippen molar-refractivity contribution in [3.05, 3.63) is 29.8 Å². The minimum atomic E-state index is -0.504. The van der Waals surface area contributed by atoms with Gasteiger partial charge in [0.1, 0.15) is 0 Å². The van der Waals surface area contributed by atoms with Crippen LogP contribution in [-0.4, -0.2) is 25.5 Å². The van der Waals surface area contributed by atoms with E-state index in [1.807, 2.05) is 31.2 Å². The van der Waals surface area contributed by atoms with Gasteiger partial charge in [-0.05, 0) is 24.6 Å². The zero-order chi connectivity index (χ0) is 12.0. The van der Waals surface area contributed by atoms with E-state index in [2.05, 4.69) is 16.0 Å². The van der Waals surface area contributed by atoms with Gasteiger partial charge in [-0.3, -0.25) is 10.1 Å². The van der Waals surface area contributed by atoms with Crippen molar-refractivity contribution in [2.24, 2.45) is 0 Å². The molecule has 0 bridgehead atoms. The normalized spacial score (nSPS) is 9.38. The van der Waals surface area contributed by atoms with Crippen molar-refractivity contribution in [2.45, 2.75) is 6.92 Å². The van der Waals surface area contributed by atoms with Crippen LogP contribution in [-0.2, 0) is 4.79 Å². The Kier molecular flexibility index (Phi) is 4.32. The molecule has 1 aromatic carbocycles. The fourth-order valence-electron chi connectivity index (χ4n) is 1.17. The highest BCUT2D eigenvalue weighted by Crippen LogP contribution is 2.08. The molecule has 0 fully saturated rings. The molecule has 0 aliphatic rings. The van der Waals surface area contributed by atoms with Crippen LogP contribution in [0.25, 0.3) is 0 Å². The summed E-state index contributed by atoms with van der Waals surface area (Å²) in [5.74, 6) is -0.374. The molecule has 0 aliphatic heterocycles. The number of urea groups is 1. The number of carbonyl (C=O) groups excluding carboxylic acids is 2. The van der Waals surface area contributed by atoms with E-state index < -0.39 is 6.03 Å². The zero-order valence-corrected chi connectivity index (χ0v) is 9.33. The number of aryl methyl sites for hydroxylation is 1. The van der Waals surface area contributed by atoms with Gasteiger partial charge < -0.3 is 10.6 Å². The third-order valence-electron chi connectivity index (χ3n) is 1.95. The maximum atomic E-state index is 11.2. The third-order valence-corrected chi connectivity index (χ3v) is 1.95. The maximum absolute atomic E-state index is 11.2. The molecule has 3 N–H and O–H groups in total. The SMILES string of the molecule is CNC(=O)NC(=O)CNc1cccc(C)c1. The second-order valence-electron chi connectivity index (χ2n) is 3.35. The molecule has 0 aromatic heterocycles. The topological polar surface area (TPSA) is 70.2 Å². The van der Waals surface area contributed by atoms with E-state index in [0.717, 1.165) is 11.3 Å². The van der Waals surface area contributed by atoms with Crippen LogP contribution in [0.5, 0.6) is 0 Å². The Morgan fingerprint density at radius 2 is 2.06 bits per heavy atom. The number of benzene rings is 1. The number of hydrogen-bond donors (Lipinski definition) is 3. The Morgan fingerprint density at radius 1 is 1.31 bits per heavy atom. The van der Waals surface area contributed by atoms with Gasteiger partial charge in [0.2, 0.25) is 5.91 Å². The molecule has 3 amide bonds. The monoisotopic (exact) mass is 221 g/mol. The highest BCUT2D eigenvalue weighted by molar-refractivity contribution is 5.96. The molecule has 5 heteroatoms. The maximum Gasteiger partial charge on any atom is 0.321 e. The minimum Gasteiger partial charge on any atom is -0.376 e. The van der Waals surface area contributed by atoms with Gasteiger partial charge in [-0.2, -0.15) is 0 Å². The van der Waals surface area contributed by atoms with E-state index in [9.17, 15) is 9.59 Å². The third kappa shape index (κ3) is 4.00. The molecular weight excluding hydrogens is 206 g/mol. The summed E-state index contributed by atoms with van der Waals surface area (Å²) in [6, 6.07) is 7.15. The van der Waals surface area contributed by atoms with E-state index in [-0.39, 0.29) is 12.5 Å². The average molecular weight is 221 g/mol. The molecule has 1 rings (SSSR count). The van der Waals surface area contributed by atoms with Crippen molar-refractivity contribution in [1.82, 2.24) is 10.6 Å². The summed E-state index contributed by atoms with van der Waals surface area (Å²) in [6.07, 6.45) is 0. The van der Waals surface area contributed by atoms with Crippen LogP contribution in [0.1, 0.15) is 5.56 Å². The van der Waals surface area contributed by atoms with Crippen molar-refractivity contribution in [2.75, 3.05) is 18.9 Å². The second kappa shape index (κ2) is 5.75. The lowest BCUT2D eigenvalue weighted by molar-refractivity contribution is -0.118. The first-order chi connectivity index (χ1) is 7.61. The second-order valence-corrected chi connectivity index (χ2v) is 3.35. The molecule has 0 atom stereocenters. The van der Waals surface area contributed by atoms with Crippen molar-refractivity contribution >= 4 is 17.6 Å². The molecule has 0 aliphatic carbocycles. The molecule has 1 aromatic rings. The molecule has 0 saturated carbocycles. The number of carbonyl (C=O) groups is 2. The summed E-state index contributed by atoms with van der Waals surface area (Å²) in [6.45, 7) is 2.03. The van der Waals surface area contributed by atoms with Gasteiger partial charge in [-0.15, -0.1) is 0 Å². The fraction of sp³-hybridized carbons (Fsp3) is 0.273. The van der Waals surface area contributed by atoms with Gasteiger partial charge in [0.15, 0.2) is 0 Å². The lowest BCUT2D eigenvalue weighted by Crippen LogP contribution is -2.40. The van der Waals surface area contributed by atoms with E-state index in [1.165, 1.54) is 7.05 Å². The number of nitrogens with one attached hydrogen (secondary N) is 3. The quantitative estimate of drug-likeness (QED) is 0.709. The Balaban J connectivity index is 2.40. The minimum absolute atomic E-state index is 0.0663. The summed E-state index contributed by atoms with van der Waals surface area (Å²) in [7, 11) is 1.45. The van der Waals surface area contributed by atoms with Crippen LogP contribution < -0.4 is 16.0 Å². The van der Waals surface area contributed by atoms with Crippen molar-refractivity contribution in [3.8, 4) is 0 Å². The summed E-state index contributed by atoms with van der Waals surface area (Å²) in [5.41, 5.74) is 1.96. The van der Waals surface area contributed by atoms with Crippen LogP contribution in [0.3, 0.4) is 0 Å². The van der Waals surface area contributed by atoms with Gasteiger partial charge in [0, 0.05) is 12.7 Å². The standard InChI is InChI=1S/C11H15N3O2/c1-8-4-3-5-9(6-8)13-7-10(15)14-11(16)12-2/h3-6,13H,7H2,1-2H3,(H2,12,14,15,16). The number of hydrogen-bond acceptors (Lipinski definition) is 3. The average Bonchev–Trinajstić information content (AvgIpc) is 2.26. The predicted octanol–water partition coefficient (Wildman–Crippen LogP) is 0.863. The van der Waals surface area contributed by atoms with Gasteiger partial charge in [-0.1, -0.05) is 12.1 Å². The molecule has 5 nitrogen and oxygen atoms in total. The smallest absolute Gasteiger partial charge is 0.321 e. The first kappa shape index (κ1) is 12.0. The zero-order valence-electron chi connectivity index (χ0n) is 9.33. The predicted molar refractivity (Wildman–Crippen MR) is 62.3 cm³/mol. The first-order valence-corrected chi connectivity index (χ1v) is 4.94. The number of rotatable bonds is 3. The highest BCUT2D eigenvalue weighted by Gasteiger charge is 2.04. The van der Waals surface area contributed by atoms with E-state index in [1.54, 1.807) is 0 Å². The van der Waals surface area contributed by atoms with Crippen LogP contribution in [0.2, 0.25) is 0 Å². The highest BCUT2D eigenvalue weighted by atomic mass is 16.2. The summed E-state index contributed by atoms with van der Waals surface area (Å²) < 4.78 is 0. The number of amides is 3. The fourth-order valence-corrected chi connectivity index (χ4v) is 1.17. The van der Waals surface area contributed by atoms with Crippen molar-refractivity contribution in [1.29, 1.82) is 0 Å². The van der Waals surface area contributed by atoms with E-state index >= 15 is 0 Å². The molecule has 0 heterocycles. The molecule has 0 unspecified atom stereocenters. The van der Waals surface area contributed by atoms with Crippen LogP contribution in [0, 0.1) is 6.92 Å². The van der Waals surface area contributed by atoms with Crippen LogP contribution in [0.4, 0.5) is 10.5 Å². The molecule has 16 heavy (non-hydrogen) atoms. The Morgan fingerprint density at radius 3 is 2.69 bits per heavy atom. The van der Waals surface area contributed by atoms with Gasteiger partial charge >= 0.3 is 6.03 Å². The van der Waals surface area contributed by atoms with Gasteiger partial charge in [0.25, 0.3) is 0 Å². The molecule has 0 radical (unpaired) electrons. The molecular formula is C11H15N3O2. The first-order valence-electron chi connectivity index (χ1n) is 4.94. The Hall–Kier alpha value is -2.04. The van der Waals surface area contributed by atoms with Gasteiger partial charge in [0.05, 0.1) is 6.54 Å². The van der Waals surface area contributed by atoms with Crippen molar-refractivity contribution in [3.63, 3.8) is 0 Å². The summed E-state index contributed by atoms with van der Waals surface area (Å²) >= 11 is 0. The molecule has 86 valence electrons. The van der Waals surface area contributed by atoms with E-state index in [4.69, 9.17) is 0 Å². The van der Waals surface area contributed by atoms with Crippen LogP contribution >= 0.6 is 0 Å². The largest absolute Gasteiger partial charge is 0.376 e. The Bertz CT molecular complexity index is 391. The summed E-state index contributed by atoms with van der Waals surface area (Å²) in [5, 5.41) is 7.39. The molecule has 0 saturated heterocycles. The Labute approximate surface area is 94.2 Å². The lowest BCUT2D eigenvalue weighted by Gasteiger charge is -2.07. The lowest BCUT2D eigenvalue weighted by atomic mass is 10.2. The number of anilines is 1. The van der Waals surface area contributed by atoms with Crippen molar-refractivity contribution < 1.29 is 9.59 Å².